The first kappa shape index (κ1) is 16.9. The van der Waals surface area contributed by atoms with Gasteiger partial charge in [-0.25, -0.2) is 22.0 Å². The van der Waals surface area contributed by atoms with Crippen LogP contribution in [0.2, 0.25) is 0 Å². The minimum Gasteiger partial charge on any atom is -0.314 e. The molecule has 0 bridgehead atoms. The molecule has 1 heterocycles. The number of benzene rings is 1. The molecule has 1 aliphatic rings. The Morgan fingerprint density at radius 3 is 1.59 bits per heavy atom. The number of nitrogens with zero attached hydrogens (tertiary/aromatic N) is 1. The van der Waals surface area contributed by atoms with Crippen LogP contribution >= 0.6 is 0 Å². The molecule has 1 saturated heterocycles. The lowest BCUT2D eigenvalue weighted by molar-refractivity contribution is -0.189. The topological polar surface area (TPSA) is 15.3 Å². The Balaban J connectivity index is 2.62. The molecule has 0 unspecified atom stereocenters. The zero-order valence-corrected chi connectivity index (χ0v) is 10.9. The summed E-state index contributed by atoms with van der Waals surface area (Å²) in [5.74, 6) is -12.2. The number of halogens is 8. The van der Waals surface area contributed by atoms with Crippen molar-refractivity contribution in [1.29, 1.82) is 0 Å². The summed E-state index contributed by atoms with van der Waals surface area (Å²) in [6, 6.07) is -2.90. The molecule has 1 aromatic rings. The average Bonchev–Trinajstić information content (AvgIpc) is 2.47. The third-order valence-electron chi connectivity index (χ3n) is 3.34. The molecule has 1 fully saturated rings. The molecule has 1 aliphatic heterocycles. The van der Waals surface area contributed by atoms with E-state index < -0.39 is 46.9 Å². The standard InChI is InChI=1S/C12H10F8N2/c13-6-5(7(14)9(16)10(17)8(6)15)11(12(18,19)20)22-3-1-21-2-4-22/h11,21H,1-4H2/t11-/m0/s1. The van der Waals surface area contributed by atoms with Crippen molar-refractivity contribution in [3.8, 4) is 0 Å². The van der Waals surface area contributed by atoms with Gasteiger partial charge in [0.25, 0.3) is 0 Å². The minimum absolute atomic E-state index is 0.0992. The molecule has 0 spiro atoms. The smallest absolute Gasteiger partial charge is 0.314 e. The number of nitrogens with one attached hydrogen (secondary N) is 1. The zero-order valence-electron chi connectivity index (χ0n) is 10.9. The molecule has 0 saturated carbocycles. The highest BCUT2D eigenvalue weighted by Crippen LogP contribution is 2.41. The van der Waals surface area contributed by atoms with E-state index in [0.717, 1.165) is 0 Å². The van der Waals surface area contributed by atoms with Gasteiger partial charge in [0.05, 0.1) is 5.56 Å². The van der Waals surface area contributed by atoms with Gasteiger partial charge in [-0.2, -0.15) is 13.2 Å². The molecule has 1 atom stereocenters. The van der Waals surface area contributed by atoms with E-state index in [9.17, 15) is 35.1 Å². The molecular weight excluding hydrogens is 324 g/mol. The lowest BCUT2D eigenvalue weighted by atomic mass is 10.0. The monoisotopic (exact) mass is 334 g/mol. The molecule has 10 heteroatoms. The Morgan fingerprint density at radius 2 is 1.18 bits per heavy atom. The Hall–Kier alpha value is -1.42. The van der Waals surface area contributed by atoms with Crippen molar-refractivity contribution in [3.05, 3.63) is 34.6 Å². The summed E-state index contributed by atoms with van der Waals surface area (Å²) in [4.78, 5) is 0.634. The Morgan fingerprint density at radius 1 is 0.773 bits per heavy atom. The van der Waals surface area contributed by atoms with E-state index in [4.69, 9.17) is 0 Å². The fourth-order valence-corrected chi connectivity index (χ4v) is 2.36. The van der Waals surface area contributed by atoms with Gasteiger partial charge >= 0.3 is 6.18 Å². The molecule has 1 aromatic carbocycles. The van der Waals surface area contributed by atoms with E-state index in [1.165, 1.54) is 0 Å². The van der Waals surface area contributed by atoms with Crippen LogP contribution in [0.1, 0.15) is 11.6 Å². The molecular formula is C12H10F8N2. The van der Waals surface area contributed by atoms with Gasteiger partial charge in [-0.3, -0.25) is 4.90 Å². The highest BCUT2D eigenvalue weighted by atomic mass is 19.4. The summed E-state index contributed by atoms with van der Waals surface area (Å²) in [6.45, 7) is -0.294. The molecule has 2 rings (SSSR count). The molecule has 0 amide bonds. The number of hydrogen-bond donors (Lipinski definition) is 1. The van der Waals surface area contributed by atoms with Crippen LogP contribution in [0.25, 0.3) is 0 Å². The van der Waals surface area contributed by atoms with Gasteiger partial charge in [0, 0.05) is 26.2 Å². The van der Waals surface area contributed by atoms with Gasteiger partial charge in [0.2, 0.25) is 5.82 Å². The minimum atomic E-state index is -5.20. The first-order valence-electron chi connectivity index (χ1n) is 6.19. The number of hydrogen-bond acceptors (Lipinski definition) is 2. The van der Waals surface area contributed by atoms with Crippen LogP contribution in [0.4, 0.5) is 35.1 Å². The molecule has 0 aromatic heterocycles. The van der Waals surface area contributed by atoms with Crippen LogP contribution in [-0.2, 0) is 0 Å². The van der Waals surface area contributed by atoms with Crippen molar-refractivity contribution in [2.45, 2.75) is 12.2 Å². The summed E-state index contributed by atoms with van der Waals surface area (Å²) in [5, 5.41) is 2.73. The molecule has 0 aliphatic carbocycles. The van der Waals surface area contributed by atoms with E-state index >= 15 is 0 Å². The fourth-order valence-electron chi connectivity index (χ4n) is 2.36. The Bertz CT molecular complexity index is 536. The van der Waals surface area contributed by atoms with Crippen LogP contribution in [0.3, 0.4) is 0 Å². The first-order valence-corrected chi connectivity index (χ1v) is 6.19. The number of alkyl halides is 3. The highest BCUT2D eigenvalue weighted by Gasteiger charge is 2.49. The second-order valence-corrected chi connectivity index (χ2v) is 4.71. The van der Waals surface area contributed by atoms with Gasteiger partial charge < -0.3 is 5.32 Å². The van der Waals surface area contributed by atoms with Crippen molar-refractivity contribution < 1.29 is 35.1 Å². The SMILES string of the molecule is Fc1c(F)c(F)c([C@H](N2CCNCC2)C(F)(F)F)c(F)c1F. The van der Waals surface area contributed by atoms with Crippen molar-refractivity contribution in [2.24, 2.45) is 0 Å². The van der Waals surface area contributed by atoms with Crippen molar-refractivity contribution in [1.82, 2.24) is 10.2 Å². The van der Waals surface area contributed by atoms with Crippen LogP contribution in [0.5, 0.6) is 0 Å². The second-order valence-electron chi connectivity index (χ2n) is 4.71. The maximum atomic E-state index is 13.7. The van der Waals surface area contributed by atoms with Gasteiger partial charge in [-0.1, -0.05) is 0 Å². The highest BCUT2D eigenvalue weighted by molar-refractivity contribution is 5.28. The Labute approximate surface area is 119 Å². The summed E-state index contributed by atoms with van der Waals surface area (Å²) < 4.78 is 106. The van der Waals surface area contributed by atoms with E-state index in [2.05, 4.69) is 5.32 Å². The first-order chi connectivity index (χ1) is 10.2. The summed E-state index contributed by atoms with van der Waals surface area (Å²) in [7, 11) is 0. The predicted octanol–water partition coefficient (Wildman–Crippen LogP) is 2.89. The van der Waals surface area contributed by atoms with Crippen molar-refractivity contribution in [2.75, 3.05) is 26.2 Å². The molecule has 0 radical (unpaired) electrons. The molecule has 124 valence electrons. The normalized spacial score (nSPS) is 18.5. The van der Waals surface area contributed by atoms with Gasteiger partial charge in [0.1, 0.15) is 6.04 Å². The van der Waals surface area contributed by atoms with Crippen molar-refractivity contribution in [3.63, 3.8) is 0 Å². The van der Waals surface area contributed by atoms with Crippen LogP contribution in [0, 0.1) is 29.1 Å². The average molecular weight is 334 g/mol. The maximum absolute atomic E-state index is 13.7. The predicted molar refractivity (Wildman–Crippen MR) is 59.5 cm³/mol. The van der Waals surface area contributed by atoms with Gasteiger partial charge in [0.15, 0.2) is 23.3 Å². The van der Waals surface area contributed by atoms with E-state index in [-0.39, 0.29) is 26.2 Å². The molecule has 1 N–H and O–H groups in total. The van der Waals surface area contributed by atoms with Crippen molar-refractivity contribution >= 4 is 0 Å². The number of rotatable bonds is 2. The number of piperazine rings is 1. The summed E-state index contributed by atoms with van der Waals surface area (Å²) in [5.41, 5.74) is -1.87. The lowest BCUT2D eigenvalue weighted by Crippen LogP contribution is -2.49. The molecule has 22 heavy (non-hydrogen) atoms. The van der Waals surface area contributed by atoms with Crippen LogP contribution in [0.15, 0.2) is 0 Å². The van der Waals surface area contributed by atoms with E-state index in [0.29, 0.717) is 4.90 Å². The van der Waals surface area contributed by atoms with Crippen LogP contribution in [-0.4, -0.2) is 37.3 Å². The fraction of sp³-hybridized carbons (Fsp3) is 0.500. The quantitative estimate of drug-likeness (QED) is 0.508. The lowest BCUT2D eigenvalue weighted by Gasteiger charge is -2.36. The maximum Gasteiger partial charge on any atom is 0.408 e. The van der Waals surface area contributed by atoms with Crippen LogP contribution < -0.4 is 5.32 Å². The zero-order chi connectivity index (χ0) is 16.7. The van der Waals surface area contributed by atoms with E-state index in [1.807, 2.05) is 0 Å². The third-order valence-corrected chi connectivity index (χ3v) is 3.34. The summed E-state index contributed by atoms with van der Waals surface area (Å²) in [6.07, 6.45) is -5.20. The Kier molecular flexibility index (Phi) is 4.62. The van der Waals surface area contributed by atoms with Gasteiger partial charge in [-0.15, -0.1) is 0 Å². The largest absolute Gasteiger partial charge is 0.408 e. The third kappa shape index (κ3) is 2.89. The van der Waals surface area contributed by atoms with E-state index in [1.54, 1.807) is 0 Å². The second kappa shape index (κ2) is 5.99. The van der Waals surface area contributed by atoms with Gasteiger partial charge in [-0.05, 0) is 0 Å². The molecule has 2 nitrogen and oxygen atoms in total. The summed E-state index contributed by atoms with van der Waals surface area (Å²) >= 11 is 0.